The SMILES string of the molecule is CCOc1ccccc1C(=O)NCC(c1ccc(OC)cc1)N1CCOCC1. The quantitative estimate of drug-likeness (QED) is 0.758. The monoisotopic (exact) mass is 384 g/mol. The summed E-state index contributed by atoms with van der Waals surface area (Å²) in [5, 5.41) is 3.09. The number of morpholine rings is 1. The van der Waals surface area contributed by atoms with Gasteiger partial charge in [-0.05, 0) is 36.8 Å². The Bertz CT molecular complexity index is 757. The second-order valence-corrected chi connectivity index (χ2v) is 6.58. The van der Waals surface area contributed by atoms with Crippen molar-refractivity contribution in [2.24, 2.45) is 0 Å². The zero-order chi connectivity index (χ0) is 19.8. The van der Waals surface area contributed by atoms with Crippen LogP contribution in [0.15, 0.2) is 48.5 Å². The predicted molar refractivity (Wildman–Crippen MR) is 108 cm³/mol. The molecule has 0 aromatic heterocycles. The zero-order valence-electron chi connectivity index (χ0n) is 16.5. The molecule has 2 aromatic carbocycles. The molecule has 0 radical (unpaired) electrons. The lowest BCUT2D eigenvalue weighted by Crippen LogP contribution is -2.43. The Morgan fingerprint density at radius 1 is 1.14 bits per heavy atom. The lowest BCUT2D eigenvalue weighted by Gasteiger charge is -2.35. The Balaban J connectivity index is 1.74. The maximum Gasteiger partial charge on any atom is 0.255 e. The van der Waals surface area contributed by atoms with E-state index in [2.05, 4.69) is 22.3 Å². The van der Waals surface area contributed by atoms with Crippen LogP contribution in [0, 0.1) is 0 Å². The second-order valence-electron chi connectivity index (χ2n) is 6.58. The summed E-state index contributed by atoms with van der Waals surface area (Å²) in [6.45, 7) is 6.01. The van der Waals surface area contributed by atoms with Crippen molar-refractivity contribution in [2.75, 3.05) is 46.6 Å². The minimum Gasteiger partial charge on any atom is -0.497 e. The summed E-state index contributed by atoms with van der Waals surface area (Å²) in [7, 11) is 1.66. The maximum atomic E-state index is 12.8. The number of benzene rings is 2. The van der Waals surface area contributed by atoms with Gasteiger partial charge in [0.2, 0.25) is 0 Å². The number of ether oxygens (including phenoxy) is 3. The van der Waals surface area contributed by atoms with Gasteiger partial charge in [-0.3, -0.25) is 9.69 Å². The molecule has 1 aliphatic rings. The first-order valence-corrected chi connectivity index (χ1v) is 9.68. The fourth-order valence-corrected chi connectivity index (χ4v) is 3.39. The van der Waals surface area contributed by atoms with Crippen LogP contribution in [0.1, 0.15) is 28.9 Å². The molecule has 1 fully saturated rings. The van der Waals surface area contributed by atoms with Gasteiger partial charge in [-0.15, -0.1) is 0 Å². The van der Waals surface area contributed by atoms with Crippen LogP contribution < -0.4 is 14.8 Å². The molecule has 2 aromatic rings. The Labute approximate surface area is 166 Å². The third kappa shape index (κ3) is 5.03. The van der Waals surface area contributed by atoms with Gasteiger partial charge >= 0.3 is 0 Å². The highest BCUT2D eigenvalue weighted by Crippen LogP contribution is 2.24. The van der Waals surface area contributed by atoms with E-state index < -0.39 is 0 Å². The van der Waals surface area contributed by atoms with Crippen LogP contribution in [0.5, 0.6) is 11.5 Å². The molecule has 1 unspecified atom stereocenters. The number of carbonyl (C=O) groups excluding carboxylic acids is 1. The molecule has 28 heavy (non-hydrogen) atoms. The molecular formula is C22H28N2O4. The Morgan fingerprint density at radius 3 is 2.54 bits per heavy atom. The highest BCUT2D eigenvalue weighted by Gasteiger charge is 2.24. The average molecular weight is 384 g/mol. The van der Waals surface area contributed by atoms with Crippen molar-refractivity contribution in [1.82, 2.24) is 10.2 Å². The number of nitrogens with zero attached hydrogens (tertiary/aromatic N) is 1. The van der Waals surface area contributed by atoms with E-state index in [1.54, 1.807) is 13.2 Å². The number of rotatable bonds is 8. The Hall–Kier alpha value is -2.57. The van der Waals surface area contributed by atoms with E-state index in [0.29, 0.717) is 37.7 Å². The van der Waals surface area contributed by atoms with Gasteiger partial charge in [0.1, 0.15) is 11.5 Å². The molecule has 1 amide bonds. The van der Waals surface area contributed by atoms with Crippen molar-refractivity contribution in [2.45, 2.75) is 13.0 Å². The van der Waals surface area contributed by atoms with Gasteiger partial charge < -0.3 is 19.5 Å². The number of hydrogen-bond donors (Lipinski definition) is 1. The Kier molecular flexibility index (Phi) is 7.28. The van der Waals surface area contributed by atoms with Crippen LogP contribution in [0.25, 0.3) is 0 Å². The van der Waals surface area contributed by atoms with Gasteiger partial charge in [-0.1, -0.05) is 24.3 Å². The van der Waals surface area contributed by atoms with Crippen molar-refractivity contribution in [3.8, 4) is 11.5 Å². The van der Waals surface area contributed by atoms with E-state index in [1.807, 2.05) is 37.3 Å². The standard InChI is InChI=1S/C22H28N2O4/c1-3-28-21-7-5-4-6-19(21)22(25)23-16-20(24-12-14-27-15-13-24)17-8-10-18(26-2)11-9-17/h4-11,20H,3,12-16H2,1-2H3,(H,23,25). The van der Waals surface area contributed by atoms with E-state index in [4.69, 9.17) is 14.2 Å². The van der Waals surface area contributed by atoms with Gasteiger partial charge in [0.15, 0.2) is 0 Å². The summed E-state index contributed by atoms with van der Waals surface area (Å²) in [6, 6.07) is 15.4. The molecule has 1 aliphatic heterocycles. The molecule has 0 spiro atoms. The van der Waals surface area contributed by atoms with Crippen LogP contribution in [0.2, 0.25) is 0 Å². The highest BCUT2D eigenvalue weighted by atomic mass is 16.5. The van der Waals surface area contributed by atoms with E-state index >= 15 is 0 Å². The van der Waals surface area contributed by atoms with Crippen molar-refractivity contribution < 1.29 is 19.0 Å². The van der Waals surface area contributed by atoms with Crippen molar-refractivity contribution >= 4 is 5.91 Å². The van der Waals surface area contributed by atoms with Gasteiger partial charge in [0, 0.05) is 19.6 Å². The summed E-state index contributed by atoms with van der Waals surface area (Å²) in [6.07, 6.45) is 0. The summed E-state index contributed by atoms with van der Waals surface area (Å²) in [4.78, 5) is 15.2. The van der Waals surface area contributed by atoms with Gasteiger partial charge in [-0.2, -0.15) is 0 Å². The summed E-state index contributed by atoms with van der Waals surface area (Å²) in [5.41, 5.74) is 1.70. The topological polar surface area (TPSA) is 60.0 Å². The molecule has 0 saturated carbocycles. The van der Waals surface area contributed by atoms with Crippen molar-refractivity contribution in [1.29, 1.82) is 0 Å². The van der Waals surface area contributed by atoms with Gasteiger partial charge in [-0.25, -0.2) is 0 Å². The number of carbonyl (C=O) groups is 1. The number of amides is 1. The molecule has 0 aliphatic carbocycles. The zero-order valence-corrected chi connectivity index (χ0v) is 16.5. The third-order valence-electron chi connectivity index (χ3n) is 4.87. The molecule has 6 nitrogen and oxygen atoms in total. The van der Waals surface area contributed by atoms with E-state index in [9.17, 15) is 4.79 Å². The van der Waals surface area contributed by atoms with E-state index in [-0.39, 0.29) is 11.9 Å². The molecule has 6 heteroatoms. The first-order valence-electron chi connectivity index (χ1n) is 9.68. The lowest BCUT2D eigenvalue weighted by molar-refractivity contribution is 0.0162. The van der Waals surface area contributed by atoms with Gasteiger partial charge in [0.05, 0.1) is 38.5 Å². The molecule has 3 rings (SSSR count). The second kappa shape index (κ2) is 10.1. The fraction of sp³-hybridized carbons (Fsp3) is 0.409. The van der Waals surface area contributed by atoms with E-state index in [1.165, 1.54) is 0 Å². The molecule has 1 atom stereocenters. The van der Waals surface area contributed by atoms with Crippen LogP contribution in [-0.4, -0.2) is 57.4 Å². The maximum absolute atomic E-state index is 12.8. The minimum absolute atomic E-state index is 0.0676. The van der Waals surface area contributed by atoms with E-state index in [0.717, 1.165) is 24.4 Å². The number of hydrogen-bond acceptors (Lipinski definition) is 5. The lowest BCUT2D eigenvalue weighted by atomic mass is 10.0. The summed E-state index contributed by atoms with van der Waals surface area (Å²) < 4.78 is 16.4. The third-order valence-corrected chi connectivity index (χ3v) is 4.87. The summed E-state index contributed by atoms with van der Waals surface area (Å²) in [5.74, 6) is 1.30. The first-order chi connectivity index (χ1) is 13.7. The molecule has 1 heterocycles. The van der Waals surface area contributed by atoms with Crippen LogP contribution in [0.3, 0.4) is 0 Å². The van der Waals surface area contributed by atoms with Crippen molar-refractivity contribution in [3.05, 3.63) is 59.7 Å². The number of para-hydroxylation sites is 1. The number of methoxy groups -OCH3 is 1. The van der Waals surface area contributed by atoms with Crippen LogP contribution >= 0.6 is 0 Å². The smallest absolute Gasteiger partial charge is 0.255 e. The number of nitrogens with one attached hydrogen (secondary N) is 1. The Morgan fingerprint density at radius 2 is 1.86 bits per heavy atom. The molecule has 1 N–H and O–H groups in total. The molecule has 150 valence electrons. The summed E-state index contributed by atoms with van der Waals surface area (Å²) >= 11 is 0. The normalized spacial score (nSPS) is 15.6. The predicted octanol–water partition coefficient (Wildman–Crippen LogP) is 2.90. The van der Waals surface area contributed by atoms with Crippen molar-refractivity contribution in [3.63, 3.8) is 0 Å². The average Bonchev–Trinajstić information content (AvgIpc) is 2.75. The van der Waals surface area contributed by atoms with Gasteiger partial charge in [0.25, 0.3) is 5.91 Å². The molecular weight excluding hydrogens is 356 g/mol. The van der Waals surface area contributed by atoms with Crippen LogP contribution in [0.4, 0.5) is 0 Å². The molecule has 0 bridgehead atoms. The fourth-order valence-electron chi connectivity index (χ4n) is 3.39. The minimum atomic E-state index is -0.129. The molecule has 1 saturated heterocycles. The highest BCUT2D eigenvalue weighted by molar-refractivity contribution is 5.96. The van der Waals surface area contributed by atoms with Crippen LogP contribution in [-0.2, 0) is 4.74 Å². The first kappa shape index (κ1) is 20.2. The largest absolute Gasteiger partial charge is 0.497 e.